The molecule has 1 fully saturated rings. The molecule has 1 aromatic carbocycles. The predicted octanol–water partition coefficient (Wildman–Crippen LogP) is 0.404. The van der Waals surface area contributed by atoms with Gasteiger partial charge in [-0.25, -0.2) is 8.42 Å². The van der Waals surface area contributed by atoms with Crippen LogP contribution >= 0.6 is 0 Å². The Kier molecular flexibility index (Phi) is 3.66. The largest absolute Gasteiger partial charge is 0.409 e. The van der Waals surface area contributed by atoms with Gasteiger partial charge in [-0.2, -0.15) is 0 Å². The summed E-state index contributed by atoms with van der Waals surface area (Å²) in [5.41, 5.74) is 7.06. The zero-order chi connectivity index (χ0) is 14.0. The van der Waals surface area contributed by atoms with Gasteiger partial charge in [0.1, 0.15) is 0 Å². The molecule has 1 aromatic rings. The number of hydrogen-bond donors (Lipinski definition) is 2. The van der Waals surface area contributed by atoms with Crippen molar-refractivity contribution < 1.29 is 13.6 Å². The third kappa shape index (κ3) is 2.98. The molecule has 104 valence electrons. The summed E-state index contributed by atoms with van der Waals surface area (Å²) in [6, 6.07) is 7.15. The quantitative estimate of drug-likeness (QED) is 0.354. The molecule has 0 spiro atoms. The molecule has 1 unspecified atom stereocenters. The van der Waals surface area contributed by atoms with Crippen LogP contribution in [-0.2, 0) is 9.84 Å². The first-order chi connectivity index (χ1) is 8.93. The van der Waals surface area contributed by atoms with Gasteiger partial charge in [-0.1, -0.05) is 5.16 Å². The maximum Gasteiger partial charge on any atom is 0.170 e. The van der Waals surface area contributed by atoms with Crippen molar-refractivity contribution in [1.82, 2.24) is 0 Å². The Labute approximate surface area is 112 Å². The lowest BCUT2D eigenvalue weighted by Gasteiger charge is -2.35. The third-order valence-electron chi connectivity index (χ3n) is 3.27. The molecule has 1 saturated heterocycles. The van der Waals surface area contributed by atoms with E-state index < -0.39 is 9.84 Å². The minimum Gasteiger partial charge on any atom is -0.409 e. The SMILES string of the molecule is CC1CS(=O)(=O)CCN1c1ccc(/C(N)=N/O)cc1. The summed E-state index contributed by atoms with van der Waals surface area (Å²) in [5, 5.41) is 11.5. The van der Waals surface area contributed by atoms with Gasteiger partial charge in [0, 0.05) is 23.8 Å². The van der Waals surface area contributed by atoms with Crippen molar-refractivity contribution in [2.24, 2.45) is 10.9 Å². The van der Waals surface area contributed by atoms with Crippen LogP contribution in [0.5, 0.6) is 0 Å². The number of benzene rings is 1. The van der Waals surface area contributed by atoms with Crippen LogP contribution < -0.4 is 10.6 Å². The number of sulfone groups is 1. The number of hydrogen-bond acceptors (Lipinski definition) is 5. The molecule has 1 aliphatic heterocycles. The second-order valence-electron chi connectivity index (χ2n) is 4.69. The minimum absolute atomic E-state index is 0.0477. The van der Waals surface area contributed by atoms with E-state index in [-0.39, 0.29) is 23.4 Å². The van der Waals surface area contributed by atoms with Crippen LogP contribution in [0.2, 0.25) is 0 Å². The van der Waals surface area contributed by atoms with E-state index in [9.17, 15) is 8.42 Å². The number of amidine groups is 1. The van der Waals surface area contributed by atoms with Gasteiger partial charge in [0.25, 0.3) is 0 Å². The maximum absolute atomic E-state index is 11.5. The minimum atomic E-state index is -2.91. The molecular formula is C12H17N3O3S. The van der Waals surface area contributed by atoms with Crippen LogP contribution in [0.3, 0.4) is 0 Å². The van der Waals surface area contributed by atoms with Crippen LogP contribution in [0.4, 0.5) is 5.69 Å². The highest BCUT2D eigenvalue weighted by Gasteiger charge is 2.28. The molecule has 0 radical (unpaired) electrons. The fraction of sp³-hybridized carbons (Fsp3) is 0.417. The van der Waals surface area contributed by atoms with E-state index in [2.05, 4.69) is 10.1 Å². The number of anilines is 1. The van der Waals surface area contributed by atoms with Crippen molar-refractivity contribution >= 4 is 21.4 Å². The van der Waals surface area contributed by atoms with Crippen molar-refractivity contribution in [2.45, 2.75) is 13.0 Å². The fourth-order valence-corrected chi connectivity index (χ4v) is 3.82. The second-order valence-corrected chi connectivity index (χ2v) is 6.92. The highest BCUT2D eigenvalue weighted by atomic mass is 32.2. The molecule has 0 saturated carbocycles. The van der Waals surface area contributed by atoms with Crippen LogP contribution in [0.25, 0.3) is 0 Å². The van der Waals surface area contributed by atoms with E-state index in [1.165, 1.54) is 0 Å². The Morgan fingerprint density at radius 1 is 1.42 bits per heavy atom. The van der Waals surface area contributed by atoms with Crippen molar-refractivity contribution in [1.29, 1.82) is 0 Å². The summed E-state index contributed by atoms with van der Waals surface area (Å²) >= 11 is 0. The summed E-state index contributed by atoms with van der Waals surface area (Å²) in [5.74, 6) is 0.412. The Morgan fingerprint density at radius 3 is 2.58 bits per heavy atom. The Morgan fingerprint density at radius 2 is 2.05 bits per heavy atom. The summed E-state index contributed by atoms with van der Waals surface area (Å²) in [6.07, 6.45) is 0. The van der Waals surface area contributed by atoms with Crippen LogP contribution in [0.1, 0.15) is 12.5 Å². The number of nitrogens with two attached hydrogens (primary N) is 1. The molecule has 0 aromatic heterocycles. The molecule has 1 aliphatic rings. The first kappa shape index (κ1) is 13.7. The monoisotopic (exact) mass is 283 g/mol. The van der Waals surface area contributed by atoms with Crippen LogP contribution in [-0.4, -0.2) is 43.6 Å². The summed E-state index contributed by atoms with van der Waals surface area (Å²) in [6.45, 7) is 2.39. The Bertz CT molecular complexity index is 581. The summed E-state index contributed by atoms with van der Waals surface area (Å²) in [7, 11) is -2.91. The Balaban J connectivity index is 2.19. The average molecular weight is 283 g/mol. The van der Waals surface area contributed by atoms with Crippen molar-refractivity contribution in [3.05, 3.63) is 29.8 Å². The first-order valence-corrected chi connectivity index (χ1v) is 7.80. The standard InChI is InChI=1S/C12H17N3O3S/c1-9-8-19(17,18)7-6-15(9)11-4-2-10(3-5-11)12(13)14-16/h2-5,9,16H,6-8H2,1H3,(H2,13,14). The van der Waals surface area contributed by atoms with E-state index in [1.807, 2.05) is 19.1 Å². The normalized spacial score (nSPS) is 23.3. The van der Waals surface area contributed by atoms with Gasteiger partial charge in [0.15, 0.2) is 15.7 Å². The predicted molar refractivity (Wildman–Crippen MR) is 74.4 cm³/mol. The third-order valence-corrected chi connectivity index (χ3v) is 5.07. The lowest BCUT2D eigenvalue weighted by Crippen LogP contribution is -2.47. The highest BCUT2D eigenvalue weighted by Crippen LogP contribution is 2.22. The van der Waals surface area contributed by atoms with Gasteiger partial charge >= 0.3 is 0 Å². The molecule has 1 heterocycles. The topological polar surface area (TPSA) is 96.0 Å². The van der Waals surface area contributed by atoms with Gasteiger partial charge in [0.05, 0.1) is 11.5 Å². The molecule has 0 amide bonds. The first-order valence-electron chi connectivity index (χ1n) is 5.98. The van der Waals surface area contributed by atoms with Crippen molar-refractivity contribution in [2.75, 3.05) is 23.0 Å². The van der Waals surface area contributed by atoms with Gasteiger partial charge in [-0.15, -0.1) is 0 Å². The van der Waals surface area contributed by atoms with E-state index >= 15 is 0 Å². The molecule has 6 nitrogen and oxygen atoms in total. The number of oxime groups is 1. The van der Waals surface area contributed by atoms with E-state index in [0.29, 0.717) is 12.1 Å². The Hall–Kier alpha value is -1.76. The maximum atomic E-state index is 11.5. The number of nitrogens with zero attached hydrogens (tertiary/aromatic N) is 2. The van der Waals surface area contributed by atoms with Crippen LogP contribution in [0, 0.1) is 0 Å². The number of rotatable bonds is 2. The van der Waals surface area contributed by atoms with E-state index in [1.54, 1.807) is 12.1 Å². The molecule has 0 aliphatic carbocycles. The average Bonchev–Trinajstić information content (AvgIpc) is 2.37. The molecule has 0 bridgehead atoms. The lowest BCUT2D eigenvalue weighted by atomic mass is 10.1. The lowest BCUT2D eigenvalue weighted by molar-refractivity contribution is 0.318. The van der Waals surface area contributed by atoms with Gasteiger partial charge in [-0.3, -0.25) is 0 Å². The summed E-state index contributed by atoms with van der Waals surface area (Å²) < 4.78 is 23.1. The highest BCUT2D eigenvalue weighted by molar-refractivity contribution is 7.91. The van der Waals surface area contributed by atoms with E-state index in [0.717, 1.165) is 5.69 Å². The molecule has 1 atom stereocenters. The van der Waals surface area contributed by atoms with Crippen LogP contribution in [0.15, 0.2) is 29.4 Å². The fourth-order valence-electron chi connectivity index (χ4n) is 2.26. The molecule has 19 heavy (non-hydrogen) atoms. The molecule has 2 rings (SSSR count). The zero-order valence-electron chi connectivity index (χ0n) is 10.7. The van der Waals surface area contributed by atoms with Gasteiger partial charge in [-0.05, 0) is 31.2 Å². The second kappa shape index (κ2) is 5.08. The molecule has 7 heteroatoms. The molecular weight excluding hydrogens is 266 g/mol. The smallest absolute Gasteiger partial charge is 0.170 e. The van der Waals surface area contributed by atoms with Gasteiger partial charge in [0.2, 0.25) is 0 Å². The van der Waals surface area contributed by atoms with Crippen molar-refractivity contribution in [3.63, 3.8) is 0 Å². The van der Waals surface area contributed by atoms with E-state index in [4.69, 9.17) is 10.9 Å². The summed E-state index contributed by atoms with van der Waals surface area (Å²) in [4.78, 5) is 2.05. The molecule has 3 N–H and O–H groups in total. The van der Waals surface area contributed by atoms with Gasteiger partial charge < -0.3 is 15.8 Å². The van der Waals surface area contributed by atoms with Crippen molar-refractivity contribution in [3.8, 4) is 0 Å². The zero-order valence-corrected chi connectivity index (χ0v) is 11.5.